The highest BCUT2D eigenvalue weighted by Gasteiger charge is 2.24. The number of hydrogen-bond donors (Lipinski definition) is 2. The fourth-order valence-corrected chi connectivity index (χ4v) is 5.32. The van der Waals surface area contributed by atoms with Gasteiger partial charge in [0.25, 0.3) is 0 Å². The lowest BCUT2D eigenvalue weighted by Crippen LogP contribution is -2.54. The van der Waals surface area contributed by atoms with Crippen LogP contribution in [0, 0.1) is 0 Å². The number of aromatic nitrogens is 4. The molecule has 1 unspecified atom stereocenters. The number of ether oxygens (including phenoxy) is 2. The molecule has 2 saturated heterocycles. The Morgan fingerprint density at radius 1 is 0.750 bits per heavy atom. The van der Waals surface area contributed by atoms with Crippen LogP contribution in [0.25, 0.3) is 0 Å². The summed E-state index contributed by atoms with van der Waals surface area (Å²) in [6.45, 7) is 12.4. The van der Waals surface area contributed by atoms with Crippen LogP contribution < -0.4 is 29.9 Å². The molecule has 10 nitrogen and oxygen atoms in total. The minimum absolute atomic E-state index is 0.398. The summed E-state index contributed by atoms with van der Waals surface area (Å²) in [7, 11) is 0. The second-order valence-corrected chi connectivity index (χ2v) is 11.2. The summed E-state index contributed by atoms with van der Waals surface area (Å²) in [5.41, 5.74) is 2.25. The maximum Gasteiger partial charge on any atom is 0.234 e. The number of benzene rings is 2. The molecule has 44 heavy (non-hydrogen) atoms. The molecule has 2 aromatic carbocycles. The van der Waals surface area contributed by atoms with Gasteiger partial charge in [0, 0.05) is 50.8 Å². The first-order chi connectivity index (χ1) is 21.6. The Hall–Kier alpha value is -4.28. The van der Waals surface area contributed by atoms with Crippen LogP contribution in [0.1, 0.15) is 38.3 Å². The van der Waals surface area contributed by atoms with Crippen molar-refractivity contribution >= 4 is 11.6 Å². The molecule has 0 radical (unpaired) electrons. The van der Waals surface area contributed by atoms with Gasteiger partial charge in [-0.1, -0.05) is 67.6 Å². The smallest absolute Gasteiger partial charge is 0.234 e. The molecule has 2 fully saturated rings. The van der Waals surface area contributed by atoms with Crippen molar-refractivity contribution in [1.29, 1.82) is 0 Å². The van der Waals surface area contributed by atoms with Crippen molar-refractivity contribution < 1.29 is 9.47 Å². The lowest BCUT2D eigenvalue weighted by Gasteiger charge is -2.38. The molecule has 0 bridgehead atoms. The zero-order chi connectivity index (χ0) is 30.6. The van der Waals surface area contributed by atoms with Gasteiger partial charge in [0.05, 0.1) is 24.8 Å². The first-order valence-electron chi connectivity index (χ1n) is 15.5. The van der Waals surface area contributed by atoms with Gasteiger partial charge < -0.3 is 29.9 Å². The first-order valence-corrected chi connectivity index (χ1v) is 15.5. The SMILES string of the molecule is CCC1CNCCN1c1cncc(OCc2ccccc2)n1.C[C@@H]1CN(c2cncc(OCc3ccccc3)n2)[C@@H](C)CN1. The van der Waals surface area contributed by atoms with E-state index in [1.807, 2.05) is 73.1 Å². The molecule has 2 N–H and O–H groups in total. The summed E-state index contributed by atoms with van der Waals surface area (Å²) in [6.07, 6.45) is 8.06. The maximum absolute atomic E-state index is 5.78. The summed E-state index contributed by atoms with van der Waals surface area (Å²) in [5, 5.41) is 6.90. The topological polar surface area (TPSA) is 101 Å². The van der Waals surface area contributed by atoms with Crippen LogP contribution in [0.3, 0.4) is 0 Å². The van der Waals surface area contributed by atoms with Gasteiger partial charge in [0.1, 0.15) is 13.2 Å². The molecular weight excluding hydrogens is 552 g/mol. The van der Waals surface area contributed by atoms with Crippen LogP contribution >= 0.6 is 0 Å². The predicted molar refractivity (Wildman–Crippen MR) is 174 cm³/mol. The number of anilines is 2. The highest BCUT2D eigenvalue weighted by atomic mass is 16.5. The van der Waals surface area contributed by atoms with Crippen LogP contribution in [-0.2, 0) is 13.2 Å². The lowest BCUT2D eigenvalue weighted by atomic mass is 10.1. The molecule has 0 spiro atoms. The van der Waals surface area contributed by atoms with Gasteiger partial charge in [0.15, 0.2) is 11.6 Å². The minimum atomic E-state index is 0.398. The summed E-state index contributed by atoms with van der Waals surface area (Å²) in [4.78, 5) is 22.4. The molecular formula is C34H44N8O2. The lowest BCUT2D eigenvalue weighted by molar-refractivity contribution is 0.292. The fraction of sp³-hybridized carbons (Fsp3) is 0.412. The number of nitrogens with one attached hydrogen (secondary N) is 2. The summed E-state index contributed by atoms with van der Waals surface area (Å²) >= 11 is 0. The molecule has 2 aliphatic heterocycles. The van der Waals surface area contributed by atoms with E-state index in [0.717, 1.165) is 61.9 Å². The third kappa shape index (κ3) is 8.87. The van der Waals surface area contributed by atoms with Gasteiger partial charge in [-0.3, -0.25) is 9.97 Å². The summed E-state index contributed by atoms with van der Waals surface area (Å²) in [5.74, 6) is 2.93. The van der Waals surface area contributed by atoms with E-state index in [1.54, 1.807) is 12.4 Å². The van der Waals surface area contributed by atoms with Gasteiger partial charge in [-0.25, -0.2) is 0 Å². The van der Waals surface area contributed by atoms with E-state index < -0.39 is 0 Å². The Balaban J connectivity index is 0.000000175. The molecule has 0 saturated carbocycles. The maximum atomic E-state index is 5.78. The second-order valence-electron chi connectivity index (χ2n) is 11.2. The molecule has 6 rings (SSSR count). The van der Waals surface area contributed by atoms with Crippen molar-refractivity contribution in [3.63, 3.8) is 0 Å². The van der Waals surface area contributed by atoms with E-state index >= 15 is 0 Å². The van der Waals surface area contributed by atoms with Crippen LogP contribution in [-0.4, -0.2) is 70.8 Å². The van der Waals surface area contributed by atoms with Gasteiger partial charge >= 0.3 is 0 Å². The van der Waals surface area contributed by atoms with E-state index in [9.17, 15) is 0 Å². The number of nitrogens with zero attached hydrogens (tertiary/aromatic N) is 6. The van der Waals surface area contributed by atoms with Crippen molar-refractivity contribution in [2.75, 3.05) is 42.5 Å². The third-order valence-corrected chi connectivity index (χ3v) is 7.83. The number of hydrogen-bond acceptors (Lipinski definition) is 10. The van der Waals surface area contributed by atoms with Crippen LogP contribution in [0.4, 0.5) is 11.6 Å². The Labute approximate surface area is 260 Å². The van der Waals surface area contributed by atoms with Crippen molar-refractivity contribution in [3.8, 4) is 11.8 Å². The quantitative estimate of drug-likeness (QED) is 0.288. The van der Waals surface area contributed by atoms with E-state index in [-0.39, 0.29) is 0 Å². The molecule has 3 atom stereocenters. The van der Waals surface area contributed by atoms with Crippen molar-refractivity contribution in [1.82, 2.24) is 30.6 Å². The second kappa shape index (κ2) is 16.0. The molecule has 2 aliphatic rings. The van der Waals surface area contributed by atoms with E-state index in [1.165, 1.54) is 0 Å². The molecule has 10 heteroatoms. The molecule has 4 aromatic rings. The van der Waals surface area contributed by atoms with Gasteiger partial charge in [0.2, 0.25) is 11.8 Å². The van der Waals surface area contributed by atoms with Gasteiger partial charge in [-0.05, 0) is 31.4 Å². The third-order valence-electron chi connectivity index (χ3n) is 7.83. The molecule has 4 heterocycles. The Kier molecular flexibility index (Phi) is 11.3. The normalized spacial score (nSPS) is 19.9. The minimum Gasteiger partial charge on any atom is -0.472 e. The predicted octanol–water partition coefficient (Wildman–Crippen LogP) is 4.49. The molecule has 0 amide bonds. The fourth-order valence-electron chi connectivity index (χ4n) is 5.32. The standard InChI is InChI=1S/2C17H22N4O/c1-13-11-21(14(2)8-19-13)16-9-18-10-17(20-16)22-12-15-6-4-3-5-7-15;1-2-15-10-18-8-9-21(15)16-11-19-12-17(20-16)22-13-14-6-4-3-5-7-14/h3-7,9-10,13-14,19H,8,11-12H2,1-2H3;3-7,11-12,15,18H,2,8-10,13H2,1H3/t13-,14+;/m1./s1. The average molecular weight is 597 g/mol. The van der Waals surface area contributed by atoms with Gasteiger partial charge in [-0.2, -0.15) is 9.97 Å². The zero-order valence-electron chi connectivity index (χ0n) is 26.0. The van der Waals surface area contributed by atoms with Crippen molar-refractivity contribution in [2.24, 2.45) is 0 Å². The Morgan fingerprint density at radius 2 is 1.32 bits per heavy atom. The highest BCUT2D eigenvalue weighted by molar-refractivity contribution is 5.41. The molecule has 2 aromatic heterocycles. The zero-order valence-corrected chi connectivity index (χ0v) is 26.0. The Bertz CT molecular complexity index is 1330. The number of rotatable bonds is 9. The largest absolute Gasteiger partial charge is 0.472 e. The highest BCUT2D eigenvalue weighted by Crippen LogP contribution is 2.21. The summed E-state index contributed by atoms with van der Waals surface area (Å²) < 4.78 is 11.5. The molecule has 232 valence electrons. The van der Waals surface area contributed by atoms with Crippen LogP contribution in [0.5, 0.6) is 11.8 Å². The van der Waals surface area contributed by atoms with E-state index in [4.69, 9.17) is 9.47 Å². The number of piperazine rings is 2. The van der Waals surface area contributed by atoms with Crippen molar-refractivity contribution in [3.05, 3.63) is 96.6 Å². The van der Waals surface area contributed by atoms with Crippen LogP contribution in [0.2, 0.25) is 0 Å². The first kappa shape index (κ1) is 31.2. The monoisotopic (exact) mass is 596 g/mol. The summed E-state index contributed by atoms with van der Waals surface area (Å²) in [6, 6.07) is 21.5. The Morgan fingerprint density at radius 3 is 1.89 bits per heavy atom. The van der Waals surface area contributed by atoms with Gasteiger partial charge in [-0.15, -0.1) is 0 Å². The van der Waals surface area contributed by atoms with Crippen LogP contribution in [0.15, 0.2) is 85.5 Å². The molecule has 0 aliphatic carbocycles. The average Bonchev–Trinajstić information content (AvgIpc) is 3.09. The van der Waals surface area contributed by atoms with E-state index in [2.05, 4.69) is 61.1 Å². The van der Waals surface area contributed by atoms with E-state index in [0.29, 0.717) is 43.1 Å². The van der Waals surface area contributed by atoms with Crippen molar-refractivity contribution in [2.45, 2.75) is 58.5 Å².